The van der Waals surface area contributed by atoms with E-state index in [-0.39, 0.29) is 12.5 Å². The van der Waals surface area contributed by atoms with Crippen LogP contribution in [0.5, 0.6) is 0 Å². The molecule has 20 heavy (non-hydrogen) atoms. The first-order chi connectivity index (χ1) is 9.66. The van der Waals surface area contributed by atoms with Gasteiger partial charge in [-0.05, 0) is 25.0 Å². The van der Waals surface area contributed by atoms with Crippen molar-refractivity contribution in [1.29, 1.82) is 0 Å². The Labute approximate surface area is 115 Å². The van der Waals surface area contributed by atoms with Crippen molar-refractivity contribution in [3.05, 3.63) is 30.1 Å². The molecule has 6 nitrogen and oxygen atoms in total. The van der Waals surface area contributed by atoms with Gasteiger partial charge >= 0.3 is 5.97 Å². The molecule has 1 aliphatic rings. The average Bonchev–Trinajstić information content (AvgIpc) is 2.90. The summed E-state index contributed by atoms with van der Waals surface area (Å²) >= 11 is 0. The number of hydrogen-bond donors (Lipinski definition) is 2. The van der Waals surface area contributed by atoms with Crippen molar-refractivity contribution in [3.8, 4) is 0 Å². The Bertz CT molecular complexity index is 664. The van der Waals surface area contributed by atoms with Gasteiger partial charge in [0.2, 0.25) is 0 Å². The third-order valence-corrected chi connectivity index (χ3v) is 3.74. The third-order valence-electron chi connectivity index (χ3n) is 3.74. The molecule has 3 heterocycles. The zero-order chi connectivity index (χ0) is 14.1. The van der Waals surface area contributed by atoms with Crippen molar-refractivity contribution in [2.45, 2.75) is 12.8 Å². The average molecular weight is 273 g/mol. The highest BCUT2D eigenvalue weighted by molar-refractivity contribution is 6.06. The van der Waals surface area contributed by atoms with Crippen molar-refractivity contribution in [2.75, 3.05) is 13.1 Å². The smallest absolute Gasteiger partial charge is 0.308 e. The number of amides is 1. The number of aliphatic carboxylic acids is 1. The van der Waals surface area contributed by atoms with Gasteiger partial charge in [0.15, 0.2) is 0 Å². The van der Waals surface area contributed by atoms with Gasteiger partial charge in [0.05, 0.1) is 11.5 Å². The second kappa shape index (κ2) is 4.96. The maximum Gasteiger partial charge on any atom is 0.308 e. The summed E-state index contributed by atoms with van der Waals surface area (Å²) in [5, 5.41) is 9.86. The van der Waals surface area contributed by atoms with Crippen LogP contribution in [0, 0.1) is 5.92 Å². The van der Waals surface area contributed by atoms with Gasteiger partial charge in [0, 0.05) is 30.9 Å². The Kier molecular flexibility index (Phi) is 3.14. The third kappa shape index (κ3) is 2.13. The van der Waals surface area contributed by atoms with Crippen molar-refractivity contribution in [1.82, 2.24) is 14.9 Å². The number of nitrogens with zero attached hydrogens (tertiary/aromatic N) is 2. The molecule has 1 fully saturated rings. The zero-order valence-electron chi connectivity index (χ0n) is 10.9. The van der Waals surface area contributed by atoms with Crippen LogP contribution in [0.25, 0.3) is 11.0 Å². The minimum absolute atomic E-state index is 0.129. The fraction of sp³-hybridized carbons (Fsp3) is 0.357. The SMILES string of the molecule is O=C(O)C1CCCN(C(=O)c2c[nH]c3ncccc23)C1. The van der Waals surface area contributed by atoms with E-state index in [1.54, 1.807) is 23.4 Å². The number of carboxylic acid groups (broad SMARTS) is 1. The quantitative estimate of drug-likeness (QED) is 0.868. The van der Waals surface area contributed by atoms with Crippen molar-refractivity contribution < 1.29 is 14.7 Å². The number of aromatic nitrogens is 2. The molecule has 2 aromatic rings. The molecule has 1 atom stereocenters. The van der Waals surface area contributed by atoms with Gasteiger partial charge in [-0.1, -0.05) is 0 Å². The number of aromatic amines is 1. The minimum Gasteiger partial charge on any atom is -0.481 e. The highest BCUT2D eigenvalue weighted by Gasteiger charge is 2.29. The van der Waals surface area contributed by atoms with E-state index in [1.165, 1.54) is 0 Å². The number of pyridine rings is 1. The second-order valence-corrected chi connectivity index (χ2v) is 5.03. The number of nitrogens with one attached hydrogen (secondary N) is 1. The Balaban J connectivity index is 1.87. The van der Waals surface area contributed by atoms with E-state index in [2.05, 4.69) is 9.97 Å². The summed E-state index contributed by atoms with van der Waals surface area (Å²) in [4.78, 5) is 32.3. The standard InChI is InChI=1S/C14H15N3O3/c18-13(17-6-2-3-9(8-17)14(19)20)11-7-16-12-10(11)4-1-5-15-12/h1,4-5,7,9H,2-3,6,8H2,(H,15,16)(H,19,20). The molecule has 1 amide bonds. The van der Waals surface area contributed by atoms with Crippen LogP contribution in [-0.2, 0) is 4.79 Å². The Hall–Kier alpha value is -2.37. The van der Waals surface area contributed by atoms with Crippen LogP contribution < -0.4 is 0 Å². The molecule has 1 unspecified atom stereocenters. The molecule has 2 N–H and O–H groups in total. The molecule has 0 bridgehead atoms. The van der Waals surface area contributed by atoms with Crippen LogP contribution >= 0.6 is 0 Å². The highest BCUT2D eigenvalue weighted by atomic mass is 16.4. The van der Waals surface area contributed by atoms with E-state index < -0.39 is 11.9 Å². The van der Waals surface area contributed by atoms with E-state index in [1.807, 2.05) is 6.07 Å². The van der Waals surface area contributed by atoms with Crippen LogP contribution in [0.15, 0.2) is 24.5 Å². The lowest BCUT2D eigenvalue weighted by molar-refractivity contribution is -0.143. The van der Waals surface area contributed by atoms with Crippen LogP contribution in [0.3, 0.4) is 0 Å². The number of carboxylic acids is 1. The summed E-state index contributed by atoms with van der Waals surface area (Å²) in [6.45, 7) is 0.886. The van der Waals surface area contributed by atoms with Gasteiger partial charge in [-0.25, -0.2) is 4.98 Å². The first-order valence-corrected chi connectivity index (χ1v) is 6.61. The van der Waals surface area contributed by atoms with E-state index in [0.29, 0.717) is 24.2 Å². The maximum atomic E-state index is 12.5. The monoisotopic (exact) mass is 273 g/mol. The molecular formula is C14H15N3O3. The number of carbonyl (C=O) groups is 2. The summed E-state index contributed by atoms with van der Waals surface area (Å²) in [5.41, 5.74) is 1.22. The number of H-pyrrole nitrogens is 1. The fourth-order valence-corrected chi connectivity index (χ4v) is 2.67. The predicted octanol–water partition coefficient (Wildman–Crippen LogP) is 1.50. The molecule has 1 saturated heterocycles. The summed E-state index contributed by atoms with van der Waals surface area (Å²) < 4.78 is 0. The van der Waals surface area contributed by atoms with Crippen LogP contribution in [0.2, 0.25) is 0 Å². The van der Waals surface area contributed by atoms with E-state index in [9.17, 15) is 9.59 Å². The van der Waals surface area contributed by atoms with Gasteiger partial charge in [-0.2, -0.15) is 0 Å². The van der Waals surface area contributed by atoms with E-state index in [4.69, 9.17) is 5.11 Å². The van der Waals surface area contributed by atoms with Gasteiger partial charge in [-0.15, -0.1) is 0 Å². The first kappa shape index (κ1) is 12.7. The number of hydrogen-bond acceptors (Lipinski definition) is 3. The van der Waals surface area contributed by atoms with Crippen LogP contribution in [0.1, 0.15) is 23.2 Å². The summed E-state index contributed by atoms with van der Waals surface area (Å²) in [5.74, 6) is -1.42. The molecular weight excluding hydrogens is 258 g/mol. The summed E-state index contributed by atoms with van der Waals surface area (Å²) in [6.07, 6.45) is 4.66. The van der Waals surface area contributed by atoms with Gasteiger partial charge in [-0.3, -0.25) is 9.59 Å². The molecule has 104 valence electrons. The largest absolute Gasteiger partial charge is 0.481 e. The molecule has 0 radical (unpaired) electrons. The second-order valence-electron chi connectivity index (χ2n) is 5.03. The topological polar surface area (TPSA) is 86.3 Å². The lowest BCUT2D eigenvalue weighted by Gasteiger charge is -2.30. The van der Waals surface area contributed by atoms with E-state index >= 15 is 0 Å². The predicted molar refractivity (Wildman–Crippen MR) is 72.4 cm³/mol. The minimum atomic E-state index is -0.830. The number of fused-ring (bicyclic) bond motifs is 1. The maximum absolute atomic E-state index is 12.5. The van der Waals surface area contributed by atoms with Gasteiger partial charge in [0.25, 0.3) is 5.91 Å². The normalized spacial score (nSPS) is 19.2. The van der Waals surface area contributed by atoms with Crippen molar-refractivity contribution in [3.63, 3.8) is 0 Å². The van der Waals surface area contributed by atoms with Crippen LogP contribution in [-0.4, -0.2) is 44.9 Å². The van der Waals surface area contributed by atoms with Crippen LogP contribution in [0.4, 0.5) is 0 Å². The molecule has 1 aliphatic heterocycles. The first-order valence-electron chi connectivity index (χ1n) is 6.61. The molecule has 0 spiro atoms. The number of piperidine rings is 1. The number of likely N-dealkylation sites (tertiary alicyclic amines) is 1. The number of rotatable bonds is 2. The molecule has 0 aliphatic carbocycles. The Morgan fingerprint density at radius 3 is 3.10 bits per heavy atom. The van der Waals surface area contributed by atoms with Gasteiger partial charge in [0.1, 0.15) is 5.65 Å². The summed E-state index contributed by atoms with van der Waals surface area (Å²) in [6, 6.07) is 3.62. The van der Waals surface area contributed by atoms with E-state index in [0.717, 1.165) is 11.8 Å². The molecule has 6 heteroatoms. The molecule has 0 saturated carbocycles. The summed E-state index contributed by atoms with van der Waals surface area (Å²) in [7, 11) is 0. The zero-order valence-corrected chi connectivity index (χ0v) is 10.9. The molecule has 0 aromatic carbocycles. The molecule has 3 rings (SSSR count). The lowest BCUT2D eigenvalue weighted by atomic mass is 9.97. The van der Waals surface area contributed by atoms with Crippen molar-refractivity contribution >= 4 is 22.9 Å². The Morgan fingerprint density at radius 1 is 1.45 bits per heavy atom. The number of carbonyl (C=O) groups excluding carboxylic acids is 1. The van der Waals surface area contributed by atoms with Gasteiger partial charge < -0.3 is 15.0 Å². The van der Waals surface area contributed by atoms with Crippen molar-refractivity contribution in [2.24, 2.45) is 5.92 Å². The molecule has 2 aromatic heterocycles. The lowest BCUT2D eigenvalue weighted by Crippen LogP contribution is -2.42. The Morgan fingerprint density at radius 2 is 2.30 bits per heavy atom. The fourth-order valence-electron chi connectivity index (χ4n) is 2.67. The highest BCUT2D eigenvalue weighted by Crippen LogP contribution is 2.22.